The van der Waals surface area contributed by atoms with Crippen LogP contribution in [0.4, 0.5) is 18.9 Å². The van der Waals surface area contributed by atoms with Gasteiger partial charge in [-0.25, -0.2) is 4.79 Å². The van der Waals surface area contributed by atoms with Gasteiger partial charge in [0.2, 0.25) is 5.91 Å². The van der Waals surface area contributed by atoms with Crippen molar-refractivity contribution in [2.45, 2.75) is 32.0 Å². The van der Waals surface area contributed by atoms with Crippen LogP contribution in [-0.4, -0.2) is 40.8 Å². The summed E-state index contributed by atoms with van der Waals surface area (Å²) < 4.78 is 33.8. The topological polar surface area (TPSA) is 88.6 Å². The number of aromatic nitrogens is 1. The molecule has 0 bridgehead atoms. The maximum atomic E-state index is 13.1. The summed E-state index contributed by atoms with van der Waals surface area (Å²) in [5, 5.41) is 8.33. The first kappa shape index (κ1) is 23.3. The van der Waals surface area contributed by atoms with Crippen LogP contribution in [0.2, 0.25) is 0 Å². The number of halogens is 3. The maximum absolute atomic E-state index is 13.1. The summed E-state index contributed by atoms with van der Waals surface area (Å²) in [5.41, 5.74) is 10.4. The van der Waals surface area contributed by atoms with Gasteiger partial charge in [-0.3, -0.25) is 4.79 Å². The van der Waals surface area contributed by atoms with E-state index in [1.165, 1.54) is 16.5 Å². The molecule has 1 atom stereocenters. The molecule has 2 aromatic carbocycles. The number of nitrogens with zero attached hydrogens (tertiary/aromatic N) is 2. The summed E-state index contributed by atoms with van der Waals surface area (Å²) in [6.07, 6.45) is -2.10. The molecule has 32 heavy (non-hydrogen) atoms. The fraction of sp³-hybridized carbons (Fsp3) is 0.304. The van der Waals surface area contributed by atoms with Crippen LogP contribution in [0.3, 0.4) is 0 Å². The number of nitrogens with two attached hydrogens (primary N) is 1. The molecule has 9 heteroatoms. The molecule has 1 unspecified atom stereocenters. The van der Waals surface area contributed by atoms with Crippen molar-refractivity contribution in [1.82, 2.24) is 4.57 Å². The Morgan fingerprint density at radius 3 is 2.41 bits per heavy atom. The number of para-hydroxylation sites is 2. The molecule has 0 radical (unpaired) electrons. The highest BCUT2D eigenvalue weighted by atomic mass is 19.4. The van der Waals surface area contributed by atoms with Gasteiger partial charge in [-0.15, -0.1) is 0 Å². The molecule has 6 nitrogen and oxygen atoms in total. The van der Waals surface area contributed by atoms with E-state index in [1.54, 1.807) is 0 Å². The average Bonchev–Trinajstić information content (AvgIpc) is 3.27. The van der Waals surface area contributed by atoms with Crippen LogP contribution >= 0.6 is 0 Å². The normalized spacial score (nSPS) is 15.3. The number of rotatable bonds is 4. The van der Waals surface area contributed by atoms with Crippen molar-refractivity contribution >= 4 is 28.5 Å². The monoisotopic (exact) mass is 447 g/mol. The smallest absolute Gasteiger partial charge is 0.475 e. The van der Waals surface area contributed by atoms with Gasteiger partial charge in [0.05, 0.1) is 0 Å². The summed E-state index contributed by atoms with van der Waals surface area (Å²) in [6.45, 7) is 3.82. The average molecular weight is 447 g/mol. The van der Waals surface area contributed by atoms with Gasteiger partial charge >= 0.3 is 12.1 Å². The molecule has 0 aliphatic carbocycles. The molecule has 1 aliphatic heterocycles. The lowest BCUT2D eigenvalue weighted by Crippen LogP contribution is -2.33. The number of benzene rings is 2. The Bertz CT molecular complexity index is 1120. The van der Waals surface area contributed by atoms with Gasteiger partial charge in [-0.05, 0) is 43.1 Å². The standard InChI is InChI=1S/C21H23N3O.C2HF3O2/c1-15-12-23(19-8-4-2-6-17(15)19)14-21(25)24-13-16(10-11-22)18-7-3-5-9-20(18)24;3-2(4,5)1(6)7/h2-9,12,16H,10-11,13-14,22H2,1H3;(H,6,7). The number of anilines is 1. The number of carboxylic acids is 1. The largest absolute Gasteiger partial charge is 0.490 e. The number of aliphatic carboxylic acids is 1. The molecule has 0 fully saturated rings. The zero-order valence-electron chi connectivity index (χ0n) is 17.5. The van der Waals surface area contributed by atoms with Crippen molar-refractivity contribution < 1.29 is 27.9 Å². The summed E-state index contributed by atoms with van der Waals surface area (Å²) in [7, 11) is 0. The van der Waals surface area contributed by atoms with E-state index >= 15 is 0 Å². The molecular formula is C23H24F3N3O3. The lowest BCUT2D eigenvalue weighted by molar-refractivity contribution is -0.192. The van der Waals surface area contributed by atoms with Crippen molar-refractivity contribution in [1.29, 1.82) is 0 Å². The number of fused-ring (bicyclic) bond motifs is 2. The predicted molar refractivity (Wildman–Crippen MR) is 116 cm³/mol. The molecular weight excluding hydrogens is 423 g/mol. The maximum Gasteiger partial charge on any atom is 0.490 e. The van der Waals surface area contributed by atoms with Gasteiger partial charge in [-0.2, -0.15) is 13.2 Å². The van der Waals surface area contributed by atoms with E-state index in [0.717, 1.165) is 24.2 Å². The summed E-state index contributed by atoms with van der Waals surface area (Å²) in [6, 6.07) is 16.4. The van der Waals surface area contributed by atoms with Gasteiger partial charge in [0, 0.05) is 35.2 Å². The second-order valence-electron chi connectivity index (χ2n) is 7.60. The highest BCUT2D eigenvalue weighted by Gasteiger charge is 2.38. The minimum Gasteiger partial charge on any atom is -0.475 e. The highest BCUT2D eigenvalue weighted by molar-refractivity contribution is 5.97. The molecule has 1 amide bonds. The number of carboxylic acid groups (broad SMARTS) is 1. The van der Waals surface area contributed by atoms with Gasteiger partial charge in [-0.1, -0.05) is 36.4 Å². The zero-order valence-corrected chi connectivity index (χ0v) is 17.5. The SMILES string of the molecule is Cc1cn(CC(=O)N2CC(CCN)c3ccccc32)c2ccccc12.O=C(O)C(F)(F)F. The third kappa shape index (κ3) is 4.94. The fourth-order valence-corrected chi connectivity index (χ4v) is 3.97. The lowest BCUT2D eigenvalue weighted by Gasteiger charge is -2.18. The van der Waals surface area contributed by atoms with Crippen molar-refractivity contribution in [2.75, 3.05) is 18.0 Å². The van der Waals surface area contributed by atoms with Crippen molar-refractivity contribution in [2.24, 2.45) is 5.73 Å². The minimum absolute atomic E-state index is 0.132. The van der Waals surface area contributed by atoms with Crippen molar-refractivity contribution in [3.05, 3.63) is 65.9 Å². The van der Waals surface area contributed by atoms with E-state index in [2.05, 4.69) is 35.9 Å². The van der Waals surface area contributed by atoms with Gasteiger partial charge in [0.15, 0.2) is 0 Å². The third-order valence-corrected chi connectivity index (χ3v) is 5.42. The summed E-state index contributed by atoms with van der Waals surface area (Å²) >= 11 is 0. The first-order valence-electron chi connectivity index (χ1n) is 10.1. The van der Waals surface area contributed by atoms with E-state index in [4.69, 9.17) is 15.6 Å². The van der Waals surface area contributed by atoms with Crippen LogP contribution in [0.25, 0.3) is 10.9 Å². The fourth-order valence-electron chi connectivity index (χ4n) is 3.97. The molecule has 0 saturated heterocycles. The molecule has 1 aliphatic rings. The second kappa shape index (κ2) is 9.44. The second-order valence-corrected chi connectivity index (χ2v) is 7.60. The van der Waals surface area contributed by atoms with Crippen LogP contribution in [0.15, 0.2) is 54.7 Å². The molecule has 3 aromatic rings. The van der Waals surface area contributed by atoms with E-state index in [0.29, 0.717) is 19.0 Å². The molecule has 2 heterocycles. The van der Waals surface area contributed by atoms with Crippen LogP contribution in [0.5, 0.6) is 0 Å². The molecule has 0 saturated carbocycles. The zero-order chi connectivity index (χ0) is 23.5. The molecule has 3 N–H and O–H groups in total. The highest BCUT2D eigenvalue weighted by Crippen LogP contribution is 2.38. The van der Waals surface area contributed by atoms with Crippen LogP contribution in [-0.2, 0) is 16.1 Å². The van der Waals surface area contributed by atoms with Crippen LogP contribution in [0, 0.1) is 6.92 Å². The number of carbonyl (C=O) groups is 2. The molecule has 170 valence electrons. The van der Waals surface area contributed by atoms with Crippen molar-refractivity contribution in [3.63, 3.8) is 0 Å². The number of amides is 1. The van der Waals surface area contributed by atoms with Gasteiger partial charge in [0.25, 0.3) is 0 Å². The summed E-state index contributed by atoms with van der Waals surface area (Å²) in [4.78, 5) is 23.9. The number of hydrogen-bond acceptors (Lipinski definition) is 3. The Morgan fingerprint density at radius 2 is 1.75 bits per heavy atom. The number of hydrogen-bond donors (Lipinski definition) is 2. The Labute approximate surface area is 183 Å². The van der Waals surface area contributed by atoms with Crippen LogP contribution < -0.4 is 10.6 Å². The molecule has 0 spiro atoms. The Hall–Kier alpha value is -3.33. The Morgan fingerprint density at radius 1 is 1.12 bits per heavy atom. The lowest BCUT2D eigenvalue weighted by atomic mass is 9.98. The van der Waals surface area contributed by atoms with Gasteiger partial charge < -0.3 is 20.3 Å². The van der Waals surface area contributed by atoms with Crippen molar-refractivity contribution in [3.8, 4) is 0 Å². The third-order valence-electron chi connectivity index (χ3n) is 5.42. The first-order chi connectivity index (χ1) is 15.1. The number of carbonyl (C=O) groups excluding carboxylic acids is 1. The number of alkyl halides is 3. The van der Waals surface area contributed by atoms with E-state index in [-0.39, 0.29) is 5.91 Å². The quantitative estimate of drug-likeness (QED) is 0.631. The van der Waals surface area contributed by atoms with E-state index in [1.807, 2.05) is 35.2 Å². The number of aryl methyl sites for hydroxylation is 1. The minimum atomic E-state index is -5.08. The summed E-state index contributed by atoms with van der Waals surface area (Å²) in [5.74, 6) is -2.28. The van der Waals surface area contributed by atoms with Crippen LogP contribution in [0.1, 0.15) is 23.5 Å². The first-order valence-corrected chi connectivity index (χ1v) is 10.1. The predicted octanol–water partition coefficient (Wildman–Crippen LogP) is 4.06. The van der Waals surface area contributed by atoms with E-state index < -0.39 is 12.1 Å². The van der Waals surface area contributed by atoms with Gasteiger partial charge in [0.1, 0.15) is 6.54 Å². The Kier molecular flexibility index (Phi) is 6.88. The Balaban J connectivity index is 0.000000360. The molecule has 1 aromatic heterocycles. The van der Waals surface area contributed by atoms with E-state index in [9.17, 15) is 18.0 Å². The molecule has 4 rings (SSSR count).